The van der Waals surface area contributed by atoms with Crippen molar-refractivity contribution in [1.29, 1.82) is 0 Å². The van der Waals surface area contributed by atoms with E-state index in [-0.39, 0.29) is 63.4 Å². The zero-order valence-corrected chi connectivity index (χ0v) is 31.7. The lowest BCUT2D eigenvalue weighted by atomic mass is 9.93. The highest BCUT2D eigenvalue weighted by molar-refractivity contribution is 5.93. The Kier molecular flexibility index (Phi) is 14.2. The van der Waals surface area contributed by atoms with Crippen molar-refractivity contribution in [2.24, 2.45) is 5.92 Å². The fraction of sp³-hybridized carbons (Fsp3) is 0.500. The van der Waals surface area contributed by atoms with Gasteiger partial charge in [-0.05, 0) is 35.6 Å². The number of aryl methyl sites for hydroxylation is 2. The fourth-order valence-corrected chi connectivity index (χ4v) is 7.08. The number of methoxy groups -OCH3 is 1. The maximum atomic E-state index is 14.3. The van der Waals surface area contributed by atoms with Crippen molar-refractivity contribution in [3.63, 3.8) is 0 Å². The summed E-state index contributed by atoms with van der Waals surface area (Å²) in [7, 11) is 1.50. The molecule has 0 saturated carbocycles. The molecular formula is C40H53N7O7. The van der Waals surface area contributed by atoms with Crippen LogP contribution < -0.4 is 20.7 Å². The number of hydrogen-bond acceptors (Lipinski definition) is 8. The van der Waals surface area contributed by atoms with Crippen LogP contribution in [0, 0.1) is 5.92 Å². The number of ether oxygens (including phenoxy) is 2. The summed E-state index contributed by atoms with van der Waals surface area (Å²) in [6.07, 6.45) is 5.15. The number of amides is 5. The monoisotopic (exact) mass is 743 g/mol. The number of rotatable bonds is 11. The van der Waals surface area contributed by atoms with Gasteiger partial charge in [-0.3, -0.25) is 24.0 Å². The molecular weight excluding hydrogens is 690 g/mol. The molecule has 3 N–H and O–H groups in total. The minimum absolute atomic E-state index is 0.0530. The van der Waals surface area contributed by atoms with E-state index in [1.807, 2.05) is 80.1 Å². The SMILES string of the molecule is CCc1nccn1CCC(=O)N1C[C@H]2NC(=O)[C@H](Cc3ccccc3)NC(=O)CN(CCOC)C(=O)[C@@H](CC(C)C)NC(=O)COc3cccc(c3)[C@@H]2C1. The molecule has 3 heterocycles. The van der Waals surface area contributed by atoms with Crippen molar-refractivity contribution in [3.8, 4) is 5.75 Å². The maximum absolute atomic E-state index is 14.3. The van der Waals surface area contributed by atoms with Crippen LogP contribution in [0.4, 0.5) is 0 Å². The van der Waals surface area contributed by atoms with Gasteiger partial charge in [0.1, 0.15) is 23.7 Å². The number of carbonyl (C=O) groups is 5. The summed E-state index contributed by atoms with van der Waals surface area (Å²) in [6.45, 7) is 6.57. The number of nitrogens with zero attached hydrogens (tertiary/aromatic N) is 4. The second-order valence-electron chi connectivity index (χ2n) is 14.3. The lowest BCUT2D eigenvalue weighted by Gasteiger charge is -2.29. The predicted molar refractivity (Wildman–Crippen MR) is 201 cm³/mol. The van der Waals surface area contributed by atoms with Gasteiger partial charge < -0.3 is 39.8 Å². The number of hydrogen-bond donors (Lipinski definition) is 3. The molecule has 1 saturated heterocycles. The highest BCUT2D eigenvalue weighted by atomic mass is 16.5. The van der Waals surface area contributed by atoms with Crippen molar-refractivity contribution in [1.82, 2.24) is 35.3 Å². The number of aromatic nitrogens is 2. The van der Waals surface area contributed by atoms with Gasteiger partial charge in [-0.15, -0.1) is 0 Å². The number of nitrogens with one attached hydrogen (secondary N) is 3. The topological polar surface area (TPSA) is 164 Å². The van der Waals surface area contributed by atoms with E-state index in [4.69, 9.17) is 9.47 Å². The minimum atomic E-state index is -0.988. The fourth-order valence-electron chi connectivity index (χ4n) is 7.08. The molecule has 3 aromatic rings. The summed E-state index contributed by atoms with van der Waals surface area (Å²) >= 11 is 0. The van der Waals surface area contributed by atoms with E-state index < -0.39 is 41.8 Å². The van der Waals surface area contributed by atoms with E-state index in [1.165, 1.54) is 12.0 Å². The normalized spacial score (nSPS) is 21.4. The lowest BCUT2D eigenvalue weighted by Crippen LogP contribution is -2.56. The maximum Gasteiger partial charge on any atom is 0.258 e. The van der Waals surface area contributed by atoms with Crippen LogP contribution in [0.1, 0.15) is 56.5 Å². The quantitative estimate of drug-likeness (QED) is 0.269. The molecule has 54 heavy (non-hydrogen) atoms. The van der Waals surface area contributed by atoms with E-state index in [0.717, 1.165) is 23.4 Å². The van der Waals surface area contributed by atoms with Crippen molar-refractivity contribution in [3.05, 3.63) is 83.9 Å². The Morgan fingerprint density at radius 3 is 2.48 bits per heavy atom. The van der Waals surface area contributed by atoms with Crippen LogP contribution in [-0.4, -0.2) is 114 Å². The summed E-state index contributed by atoms with van der Waals surface area (Å²) in [5.41, 5.74) is 1.66. The summed E-state index contributed by atoms with van der Waals surface area (Å²) in [5.74, 6) is -0.823. The van der Waals surface area contributed by atoms with Gasteiger partial charge in [0.05, 0.1) is 19.2 Å². The van der Waals surface area contributed by atoms with Gasteiger partial charge in [0.25, 0.3) is 5.91 Å². The molecule has 0 unspecified atom stereocenters. The summed E-state index contributed by atoms with van der Waals surface area (Å²) < 4.78 is 13.2. The second-order valence-corrected chi connectivity index (χ2v) is 14.3. The van der Waals surface area contributed by atoms with Gasteiger partial charge in [-0.2, -0.15) is 0 Å². The van der Waals surface area contributed by atoms with Crippen LogP contribution in [0.3, 0.4) is 0 Å². The van der Waals surface area contributed by atoms with Crippen LogP contribution in [0.2, 0.25) is 0 Å². The molecule has 14 heteroatoms. The second kappa shape index (κ2) is 19.2. The molecule has 1 aromatic heterocycles. The Morgan fingerprint density at radius 2 is 1.74 bits per heavy atom. The molecule has 2 aromatic carbocycles. The van der Waals surface area contributed by atoms with Crippen LogP contribution in [0.15, 0.2) is 67.0 Å². The Hall–Kier alpha value is -5.24. The third-order valence-electron chi connectivity index (χ3n) is 9.83. The molecule has 14 nitrogen and oxygen atoms in total. The Balaban J connectivity index is 1.46. The van der Waals surface area contributed by atoms with Gasteiger partial charge in [0.15, 0.2) is 6.61 Å². The zero-order valence-electron chi connectivity index (χ0n) is 31.7. The third kappa shape index (κ3) is 10.9. The van der Waals surface area contributed by atoms with Crippen molar-refractivity contribution in [2.45, 2.75) is 77.0 Å². The first-order valence-electron chi connectivity index (χ1n) is 18.8. The molecule has 2 aliphatic heterocycles. The first kappa shape index (κ1) is 40.0. The Bertz CT molecular complexity index is 1750. The standard InChI is InChI=1S/C40H53N7O7/c1-5-35-41-15-17-45(35)16-14-38(50)47-23-31-29-12-9-13-30(22-29)54-26-37(49)43-33(20-27(2)3)40(52)46(18-19-53-4)25-36(48)42-32(39(51)44-34(31)24-47)21-28-10-7-6-8-11-28/h6-13,15,17,22,27,31-34H,5,14,16,18-21,23-26H2,1-4H3,(H,42,48)(H,43,49)(H,44,51)/t31-,32-,33+,34+/m0/s1. The van der Waals surface area contributed by atoms with Gasteiger partial charge in [0.2, 0.25) is 23.6 Å². The van der Waals surface area contributed by atoms with Gasteiger partial charge in [-0.1, -0.05) is 63.2 Å². The number of carbonyl (C=O) groups excluding carboxylic acids is 5. The smallest absolute Gasteiger partial charge is 0.258 e. The van der Waals surface area contributed by atoms with E-state index in [1.54, 1.807) is 17.2 Å². The number of imidazole rings is 1. The molecule has 2 aliphatic rings. The molecule has 5 amide bonds. The van der Waals surface area contributed by atoms with E-state index in [9.17, 15) is 24.0 Å². The summed E-state index contributed by atoms with van der Waals surface area (Å²) in [4.78, 5) is 76.3. The number of likely N-dealkylation sites (tertiary alicyclic amines) is 1. The highest BCUT2D eigenvalue weighted by Crippen LogP contribution is 2.31. The average Bonchev–Trinajstić information content (AvgIpc) is 3.81. The van der Waals surface area contributed by atoms with Crippen molar-refractivity contribution < 1.29 is 33.4 Å². The van der Waals surface area contributed by atoms with E-state index in [2.05, 4.69) is 20.9 Å². The first-order valence-corrected chi connectivity index (χ1v) is 18.8. The molecule has 290 valence electrons. The largest absolute Gasteiger partial charge is 0.484 e. The van der Waals surface area contributed by atoms with Crippen LogP contribution >= 0.6 is 0 Å². The zero-order chi connectivity index (χ0) is 38.6. The Morgan fingerprint density at radius 1 is 0.963 bits per heavy atom. The van der Waals surface area contributed by atoms with Crippen molar-refractivity contribution >= 4 is 29.5 Å². The highest BCUT2D eigenvalue weighted by Gasteiger charge is 2.39. The van der Waals surface area contributed by atoms with Crippen molar-refractivity contribution in [2.75, 3.05) is 46.5 Å². The first-order chi connectivity index (χ1) is 26.0. The van der Waals surface area contributed by atoms with Gasteiger partial charge >= 0.3 is 0 Å². The van der Waals surface area contributed by atoms with Gasteiger partial charge in [-0.25, -0.2) is 4.98 Å². The molecule has 5 rings (SSSR count). The minimum Gasteiger partial charge on any atom is -0.484 e. The van der Waals surface area contributed by atoms with Crippen LogP contribution in [-0.2, 0) is 48.1 Å². The molecule has 0 radical (unpaired) electrons. The summed E-state index contributed by atoms with van der Waals surface area (Å²) in [5, 5.41) is 8.90. The molecule has 4 atom stereocenters. The van der Waals surface area contributed by atoms with Crippen LogP contribution in [0.25, 0.3) is 0 Å². The van der Waals surface area contributed by atoms with E-state index in [0.29, 0.717) is 25.3 Å². The lowest BCUT2D eigenvalue weighted by molar-refractivity contribution is -0.141. The Labute approximate surface area is 317 Å². The number of fused-ring (bicyclic) bond motifs is 4. The number of benzene rings is 2. The molecule has 0 spiro atoms. The average molecular weight is 744 g/mol. The molecule has 0 aliphatic carbocycles. The van der Waals surface area contributed by atoms with E-state index >= 15 is 0 Å². The van der Waals surface area contributed by atoms with Crippen LogP contribution in [0.5, 0.6) is 5.75 Å². The molecule has 1 fully saturated rings. The predicted octanol–water partition coefficient (Wildman–Crippen LogP) is 2.07. The van der Waals surface area contributed by atoms with Gasteiger partial charge in [0, 0.05) is 70.9 Å². The third-order valence-corrected chi connectivity index (χ3v) is 9.83. The molecule has 2 bridgehead atoms. The summed E-state index contributed by atoms with van der Waals surface area (Å²) in [6, 6.07) is 14.3.